The van der Waals surface area contributed by atoms with Crippen LogP contribution in [0.1, 0.15) is 13.8 Å². The van der Waals surface area contributed by atoms with Gasteiger partial charge in [-0.3, -0.25) is 0 Å². The van der Waals surface area contributed by atoms with Crippen LogP contribution in [0.25, 0.3) is 0 Å². The molecular weight excluding hydrogens is 120 g/mol. The maximum atomic E-state index is 9.82. The second-order valence-electron chi connectivity index (χ2n) is 2.67. The van der Waals surface area contributed by atoms with Gasteiger partial charge in [0, 0.05) is 4.79 Å². The summed E-state index contributed by atoms with van der Waals surface area (Å²) in [4.78, 5) is 9.82. The molecule has 9 heavy (non-hydrogen) atoms. The normalized spacial score (nSPS) is 14.7. The van der Waals surface area contributed by atoms with Gasteiger partial charge in [-0.05, 0) is 13.8 Å². The minimum Gasteiger partial charge on any atom is -0.396 e. The van der Waals surface area contributed by atoms with Crippen molar-refractivity contribution in [1.82, 2.24) is 0 Å². The number of hydrogen-bond acceptors (Lipinski definition) is 3. The van der Waals surface area contributed by atoms with Crippen LogP contribution in [0.4, 0.5) is 0 Å². The van der Waals surface area contributed by atoms with Gasteiger partial charge in [0.15, 0.2) is 0 Å². The molecule has 0 aliphatic carbocycles. The molecule has 0 heterocycles. The van der Waals surface area contributed by atoms with Gasteiger partial charge in [0.2, 0.25) is 0 Å². The summed E-state index contributed by atoms with van der Waals surface area (Å²) < 4.78 is 0. The highest BCUT2D eigenvalue weighted by Gasteiger charge is 2.37. The maximum Gasteiger partial charge on any atom is 0.541 e. The third-order valence-corrected chi connectivity index (χ3v) is 1.26. The van der Waals surface area contributed by atoms with Crippen molar-refractivity contribution in [3.8, 4) is 0 Å². The second-order valence-corrected chi connectivity index (χ2v) is 2.67. The largest absolute Gasteiger partial charge is 0.541 e. The Hall–Kier alpha value is -0.500. The molecule has 3 nitrogen and oxygen atoms in total. The first kappa shape index (κ1) is 8.50. The molecular formula is C6H11O3+. The van der Waals surface area contributed by atoms with E-state index in [1.165, 1.54) is 6.29 Å². The molecule has 0 saturated carbocycles. The van der Waals surface area contributed by atoms with Gasteiger partial charge in [-0.15, -0.1) is 0 Å². The summed E-state index contributed by atoms with van der Waals surface area (Å²) in [5.41, 5.74) is -0.762. The van der Waals surface area contributed by atoms with Crippen molar-refractivity contribution in [2.45, 2.75) is 20.0 Å². The monoisotopic (exact) mass is 131 g/mol. The van der Waals surface area contributed by atoms with Crippen LogP contribution in [0.3, 0.4) is 0 Å². The molecule has 0 saturated heterocycles. The Labute approximate surface area is 54.3 Å². The SMILES string of the molecule is CC(C)(CO)[C@@H](O)[C+]=O. The van der Waals surface area contributed by atoms with E-state index >= 15 is 0 Å². The minimum atomic E-state index is -1.19. The lowest BCUT2D eigenvalue weighted by molar-refractivity contribution is 0.0484. The van der Waals surface area contributed by atoms with E-state index < -0.39 is 11.5 Å². The summed E-state index contributed by atoms with van der Waals surface area (Å²) in [6, 6.07) is 0. The molecule has 0 amide bonds. The van der Waals surface area contributed by atoms with E-state index in [0.717, 1.165) is 0 Å². The molecule has 1 atom stereocenters. The topological polar surface area (TPSA) is 57.5 Å². The fraction of sp³-hybridized carbons (Fsp3) is 0.833. The standard InChI is InChI=1S/C6H11O3/c1-6(2,4-8)5(9)3-7/h5,8-9H,4H2,1-2H3/q+1/t5-/m0/s1. The van der Waals surface area contributed by atoms with Crippen molar-refractivity contribution < 1.29 is 15.0 Å². The second kappa shape index (κ2) is 2.87. The summed E-state index contributed by atoms with van der Waals surface area (Å²) in [6.45, 7) is 2.95. The lowest BCUT2D eigenvalue weighted by Crippen LogP contribution is -2.33. The van der Waals surface area contributed by atoms with Crippen LogP contribution < -0.4 is 0 Å². The molecule has 0 aromatic carbocycles. The van der Waals surface area contributed by atoms with Gasteiger partial charge in [-0.1, -0.05) is 0 Å². The van der Waals surface area contributed by atoms with E-state index in [0.29, 0.717) is 0 Å². The zero-order chi connectivity index (χ0) is 7.49. The number of aliphatic hydroxyl groups is 2. The molecule has 3 heteroatoms. The van der Waals surface area contributed by atoms with E-state index in [2.05, 4.69) is 0 Å². The van der Waals surface area contributed by atoms with Crippen molar-refractivity contribution >= 4 is 6.29 Å². The summed E-state index contributed by atoms with van der Waals surface area (Å²) >= 11 is 0. The predicted molar refractivity (Wildman–Crippen MR) is 32.6 cm³/mol. The number of aliphatic hydroxyl groups excluding tert-OH is 2. The molecule has 0 unspecified atom stereocenters. The molecule has 0 fully saturated rings. The summed E-state index contributed by atoms with van der Waals surface area (Å²) in [7, 11) is 0. The van der Waals surface area contributed by atoms with Crippen molar-refractivity contribution in [3.05, 3.63) is 0 Å². The van der Waals surface area contributed by atoms with Gasteiger partial charge in [0.1, 0.15) is 0 Å². The Morgan fingerprint density at radius 3 is 2.22 bits per heavy atom. The number of rotatable bonds is 3. The van der Waals surface area contributed by atoms with Gasteiger partial charge < -0.3 is 10.2 Å². The molecule has 0 spiro atoms. The quantitative estimate of drug-likeness (QED) is 0.506. The fourth-order valence-electron chi connectivity index (χ4n) is 0.246. The predicted octanol–water partition coefficient (Wildman–Crippen LogP) is -0.524. The van der Waals surface area contributed by atoms with Gasteiger partial charge in [0.25, 0.3) is 0 Å². The summed E-state index contributed by atoms with van der Waals surface area (Å²) in [6.07, 6.45) is 0.210. The van der Waals surface area contributed by atoms with Crippen molar-refractivity contribution in [1.29, 1.82) is 0 Å². The molecule has 0 bridgehead atoms. The third kappa shape index (κ3) is 2.06. The van der Waals surface area contributed by atoms with Crippen molar-refractivity contribution in [2.75, 3.05) is 6.61 Å². The highest BCUT2D eigenvalue weighted by molar-refractivity contribution is 5.57. The highest BCUT2D eigenvalue weighted by atomic mass is 16.3. The van der Waals surface area contributed by atoms with Gasteiger partial charge in [-0.2, -0.15) is 0 Å². The fourth-order valence-corrected chi connectivity index (χ4v) is 0.246. The van der Waals surface area contributed by atoms with E-state index in [-0.39, 0.29) is 6.61 Å². The van der Waals surface area contributed by atoms with Crippen molar-refractivity contribution in [2.24, 2.45) is 5.41 Å². The van der Waals surface area contributed by atoms with E-state index in [4.69, 9.17) is 10.2 Å². The lowest BCUT2D eigenvalue weighted by Gasteiger charge is -2.15. The third-order valence-electron chi connectivity index (χ3n) is 1.26. The van der Waals surface area contributed by atoms with Crippen LogP contribution >= 0.6 is 0 Å². The molecule has 0 radical (unpaired) electrons. The minimum absolute atomic E-state index is 0.219. The first-order valence-corrected chi connectivity index (χ1v) is 2.71. The Morgan fingerprint density at radius 2 is 2.11 bits per heavy atom. The molecule has 0 rings (SSSR count). The average molecular weight is 131 g/mol. The van der Waals surface area contributed by atoms with Crippen LogP contribution in [0.2, 0.25) is 0 Å². The average Bonchev–Trinajstić information content (AvgIpc) is 1.86. The van der Waals surface area contributed by atoms with E-state index in [1.54, 1.807) is 13.8 Å². The Kier molecular flexibility index (Phi) is 2.71. The Morgan fingerprint density at radius 1 is 1.67 bits per heavy atom. The molecule has 0 aromatic rings. The molecule has 0 aliphatic rings. The van der Waals surface area contributed by atoms with Crippen LogP contribution in [-0.4, -0.2) is 29.2 Å². The first-order chi connectivity index (χ1) is 4.04. The van der Waals surface area contributed by atoms with Crippen LogP contribution in [0, 0.1) is 5.41 Å². The van der Waals surface area contributed by atoms with Gasteiger partial charge in [0.05, 0.1) is 12.0 Å². The van der Waals surface area contributed by atoms with Crippen LogP contribution in [0.15, 0.2) is 0 Å². The first-order valence-electron chi connectivity index (χ1n) is 2.71. The maximum absolute atomic E-state index is 9.82. The number of carbonyl (C=O) groups excluding carboxylic acids is 1. The van der Waals surface area contributed by atoms with E-state index in [1.807, 2.05) is 0 Å². The lowest BCUT2D eigenvalue weighted by atomic mass is 9.89. The Balaban J connectivity index is 3.95. The van der Waals surface area contributed by atoms with Gasteiger partial charge >= 0.3 is 12.4 Å². The zero-order valence-electron chi connectivity index (χ0n) is 5.59. The van der Waals surface area contributed by atoms with Crippen LogP contribution in [0.5, 0.6) is 0 Å². The summed E-state index contributed by atoms with van der Waals surface area (Å²) in [5.74, 6) is 0. The molecule has 2 N–H and O–H groups in total. The zero-order valence-corrected chi connectivity index (χ0v) is 5.59. The van der Waals surface area contributed by atoms with Gasteiger partial charge in [-0.25, -0.2) is 0 Å². The smallest absolute Gasteiger partial charge is 0.396 e. The molecule has 0 aromatic heterocycles. The molecule has 0 aliphatic heterocycles. The highest BCUT2D eigenvalue weighted by Crippen LogP contribution is 2.17. The van der Waals surface area contributed by atoms with E-state index in [9.17, 15) is 4.79 Å². The summed E-state index contributed by atoms with van der Waals surface area (Å²) in [5, 5.41) is 17.4. The number of hydrogen-bond donors (Lipinski definition) is 2. The Bertz CT molecular complexity index is 98.5. The van der Waals surface area contributed by atoms with Crippen LogP contribution in [-0.2, 0) is 4.79 Å². The van der Waals surface area contributed by atoms with Crippen molar-refractivity contribution in [3.63, 3.8) is 0 Å². The molecule has 52 valence electrons.